The summed E-state index contributed by atoms with van der Waals surface area (Å²) in [6.45, 7) is 6.05. The highest BCUT2D eigenvalue weighted by Gasteiger charge is 2.14. The molecule has 0 aliphatic heterocycles. The molecule has 3 aromatic rings. The Kier molecular flexibility index (Phi) is 5.65. The molecular weight excluding hydrogens is 372 g/mol. The van der Waals surface area contributed by atoms with Gasteiger partial charge < -0.3 is 4.98 Å². The largest absolute Gasteiger partial charge is 0.333 e. The van der Waals surface area contributed by atoms with Crippen molar-refractivity contribution in [2.45, 2.75) is 25.9 Å². The molecule has 0 aliphatic carbocycles. The number of nitrogens with one attached hydrogen (secondary N) is 1. The number of nitrogens with zero attached hydrogens (tertiary/aromatic N) is 1. The minimum Gasteiger partial charge on any atom is -0.333 e. The van der Waals surface area contributed by atoms with Crippen molar-refractivity contribution in [1.82, 2.24) is 9.97 Å². The fourth-order valence-corrected chi connectivity index (χ4v) is 3.58. The van der Waals surface area contributed by atoms with Gasteiger partial charge in [0.15, 0.2) is 10.9 Å². The zero-order chi connectivity index (χ0) is 15.7. The number of carbonyl (C=O) groups excluding carboxylic acids is 1. The van der Waals surface area contributed by atoms with Crippen molar-refractivity contribution in [2.75, 3.05) is 5.75 Å². The molecule has 2 aromatic carbocycles. The van der Waals surface area contributed by atoms with Crippen LogP contribution >= 0.6 is 28.7 Å². The number of aryl methyl sites for hydroxylation is 3. The molecule has 0 radical (unpaired) electrons. The molecule has 5 heteroatoms. The molecule has 0 spiro atoms. The van der Waals surface area contributed by atoms with Gasteiger partial charge in [-0.05, 0) is 44.0 Å². The minimum absolute atomic E-state index is 0. The monoisotopic (exact) mass is 390 g/mol. The van der Waals surface area contributed by atoms with Crippen LogP contribution < -0.4 is 0 Å². The Morgan fingerprint density at radius 1 is 1.13 bits per heavy atom. The Morgan fingerprint density at radius 2 is 1.78 bits per heavy atom. The molecule has 1 aromatic heterocycles. The number of para-hydroxylation sites is 2. The van der Waals surface area contributed by atoms with Gasteiger partial charge in [-0.2, -0.15) is 0 Å². The molecule has 23 heavy (non-hydrogen) atoms. The van der Waals surface area contributed by atoms with Crippen molar-refractivity contribution >= 4 is 45.6 Å². The Labute approximate surface area is 150 Å². The molecule has 0 atom stereocenters. The first kappa shape index (κ1) is 17.8. The molecule has 3 nitrogen and oxygen atoms in total. The molecule has 0 unspecified atom stereocenters. The third-order valence-electron chi connectivity index (χ3n) is 3.66. The first-order valence-corrected chi connectivity index (χ1v) is 8.22. The van der Waals surface area contributed by atoms with Crippen molar-refractivity contribution in [3.63, 3.8) is 0 Å². The molecular formula is C18H19BrN2OS. The number of Topliss-reactive ketones (excluding diaryl/α,β-unsaturated/α-hetero) is 1. The predicted molar refractivity (Wildman–Crippen MR) is 102 cm³/mol. The fourth-order valence-electron chi connectivity index (χ4n) is 2.82. The Balaban J connectivity index is 0.00000192. The smallest absolute Gasteiger partial charge is 0.173 e. The van der Waals surface area contributed by atoms with E-state index in [2.05, 4.69) is 29.0 Å². The summed E-state index contributed by atoms with van der Waals surface area (Å²) in [5.41, 5.74) is 6.06. The molecule has 1 N–H and O–H groups in total. The molecule has 3 rings (SSSR count). The maximum absolute atomic E-state index is 12.5. The number of carbonyl (C=O) groups is 1. The van der Waals surface area contributed by atoms with E-state index in [0.717, 1.165) is 32.9 Å². The number of aromatic nitrogens is 2. The van der Waals surface area contributed by atoms with Crippen LogP contribution in [-0.4, -0.2) is 21.5 Å². The maximum Gasteiger partial charge on any atom is 0.173 e. The maximum atomic E-state index is 12.5. The number of halogens is 1. The highest BCUT2D eigenvalue weighted by molar-refractivity contribution is 8.93. The minimum atomic E-state index is 0. The number of hydrogen-bond donors (Lipinski definition) is 1. The second-order valence-electron chi connectivity index (χ2n) is 5.54. The van der Waals surface area contributed by atoms with Gasteiger partial charge in [0.05, 0.1) is 16.8 Å². The summed E-state index contributed by atoms with van der Waals surface area (Å²) in [5, 5.41) is 0.789. The van der Waals surface area contributed by atoms with E-state index < -0.39 is 0 Å². The lowest BCUT2D eigenvalue weighted by Crippen LogP contribution is -2.08. The molecule has 0 saturated carbocycles. The van der Waals surface area contributed by atoms with E-state index in [1.165, 1.54) is 17.3 Å². The Bertz CT molecular complexity index is 801. The van der Waals surface area contributed by atoms with Gasteiger partial charge in [-0.1, -0.05) is 41.6 Å². The van der Waals surface area contributed by atoms with Crippen LogP contribution in [0.1, 0.15) is 27.0 Å². The van der Waals surface area contributed by atoms with E-state index in [0.29, 0.717) is 5.75 Å². The van der Waals surface area contributed by atoms with Gasteiger partial charge in [-0.15, -0.1) is 17.0 Å². The van der Waals surface area contributed by atoms with Gasteiger partial charge in [0.2, 0.25) is 0 Å². The lowest BCUT2D eigenvalue weighted by molar-refractivity contribution is 0.102. The lowest BCUT2D eigenvalue weighted by Gasteiger charge is -2.09. The summed E-state index contributed by atoms with van der Waals surface area (Å²) in [7, 11) is 0. The van der Waals surface area contributed by atoms with E-state index in [9.17, 15) is 4.79 Å². The van der Waals surface area contributed by atoms with Crippen molar-refractivity contribution in [2.24, 2.45) is 0 Å². The highest BCUT2D eigenvalue weighted by Crippen LogP contribution is 2.23. The summed E-state index contributed by atoms with van der Waals surface area (Å²) in [6, 6.07) is 12.0. The summed E-state index contributed by atoms with van der Waals surface area (Å²) < 4.78 is 0. The van der Waals surface area contributed by atoms with Crippen LogP contribution in [0.3, 0.4) is 0 Å². The number of ketones is 1. The molecule has 0 fully saturated rings. The third-order valence-corrected chi connectivity index (χ3v) is 4.54. The average molecular weight is 391 g/mol. The number of hydrogen-bond acceptors (Lipinski definition) is 3. The number of rotatable bonds is 4. The van der Waals surface area contributed by atoms with Gasteiger partial charge in [0.25, 0.3) is 0 Å². The molecule has 0 bridgehead atoms. The van der Waals surface area contributed by atoms with Crippen molar-refractivity contribution in [3.8, 4) is 0 Å². The van der Waals surface area contributed by atoms with Gasteiger partial charge in [-0.3, -0.25) is 4.79 Å². The molecule has 0 aliphatic rings. The standard InChI is InChI=1S/C18H18N2OS.BrH/c1-11-8-12(2)17(13(3)9-11)16(21)10-22-18-19-14-6-4-5-7-15(14)20-18;/h4-9H,10H2,1-3H3,(H,19,20);1H. The first-order chi connectivity index (χ1) is 10.5. The average Bonchev–Trinajstić information content (AvgIpc) is 2.86. The second kappa shape index (κ2) is 7.32. The summed E-state index contributed by atoms with van der Waals surface area (Å²) in [6.07, 6.45) is 0. The lowest BCUT2D eigenvalue weighted by atomic mass is 9.97. The highest BCUT2D eigenvalue weighted by atomic mass is 79.9. The third kappa shape index (κ3) is 3.85. The van der Waals surface area contributed by atoms with Crippen LogP contribution in [0.15, 0.2) is 41.6 Å². The fraction of sp³-hybridized carbons (Fsp3) is 0.222. The molecule has 0 saturated heterocycles. The zero-order valence-corrected chi connectivity index (χ0v) is 15.9. The first-order valence-electron chi connectivity index (χ1n) is 7.23. The predicted octanol–water partition coefficient (Wildman–Crippen LogP) is 5.04. The van der Waals surface area contributed by atoms with Crippen LogP contribution in [0.4, 0.5) is 0 Å². The second-order valence-corrected chi connectivity index (χ2v) is 6.51. The molecule has 1 heterocycles. The molecule has 120 valence electrons. The Morgan fingerprint density at radius 3 is 2.43 bits per heavy atom. The SMILES string of the molecule is Br.Cc1cc(C)c(C(=O)CSc2nc3ccccc3[nH]2)c(C)c1. The normalized spacial score (nSPS) is 10.6. The van der Waals surface area contributed by atoms with Crippen LogP contribution in [0, 0.1) is 20.8 Å². The van der Waals surface area contributed by atoms with Crippen LogP contribution in [0.2, 0.25) is 0 Å². The molecule has 0 amide bonds. The number of aromatic amines is 1. The number of imidazole rings is 1. The summed E-state index contributed by atoms with van der Waals surface area (Å²) in [5.74, 6) is 0.547. The number of benzene rings is 2. The van der Waals surface area contributed by atoms with Crippen molar-refractivity contribution < 1.29 is 4.79 Å². The van der Waals surface area contributed by atoms with Crippen LogP contribution in [0.25, 0.3) is 11.0 Å². The quantitative estimate of drug-likeness (QED) is 0.501. The number of thioether (sulfide) groups is 1. The number of fused-ring (bicyclic) bond motifs is 1. The van der Waals surface area contributed by atoms with E-state index in [-0.39, 0.29) is 22.8 Å². The van der Waals surface area contributed by atoms with Gasteiger partial charge in [-0.25, -0.2) is 4.98 Å². The van der Waals surface area contributed by atoms with Crippen LogP contribution in [-0.2, 0) is 0 Å². The van der Waals surface area contributed by atoms with Gasteiger partial charge in [0, 0.05) is 5.56 Å². The summed E-state index contributed by atoms with van der Waals surface area (Å²) >= 11 is 1.45. The van der Waals surface area contributed by atoms with E-state index >= 15 is 0 Å². The van der Waals surface area contributed by atoms with Gasteiger partial charge in [0.1, 0.15) is 0 Å². The van der Waals surface area contributed by atoms with Gasteiger partial charge >= 0.3 is 0 Å². The summed E-state index contributed by atoms with van der Waals surface area (Å²) in [4.78, 5) is 20.3. The van der Waals surface area contributed by atoms with Crippen LogP contribution in [0.5, 0.6) is 0 Å². The van der Waals surface area contributed by atoms with Crippen molar-refractivity contribution in [3.05, 3.63) is 58.7 Å². The van der Waals surface area contributed by atoms with E-state index in [4.69, 9.17) is 0 Å². The topological polar surface area (TPSA) is 45.8 Å². The van der Waals surface area contributed by atoms with E-state index in [1.807, 2.05) is 38.1 Å². The number of H-pyrrole nitrogens is 1. The zero-order valence-electron chi connectivity index (χ0n) is 13.3. The van der Waals surface area contributed by atoms with Crippen molar-refractivity contribution in [1.29, 1.82) is 0 Å². The Hall–Kier alpha value is -1.59. The van der Waals surface area contributed by atoms with E-state index in [1.54, 1.807) is 0 Å².